The lowest BCUT2D eigenvalue weighted by atomic mass is 10.2. The molecule has 0 saturated heterocycles. The van der Waals surface area contributed by atoms with E-state index in [0.29, 0.717) is 12.6 Å². The van der Waals surface area contributed by atoms with Crippen molar-refractivity contribution in [1.82, 2.24) is 5.09 Å². The standard InChI is InChI=1S/C15H30NO6P/c1-6-11-23(19,22-12(4)5)16-13(15(18)21-8-3)9-10-14(17)20-7-2/h12-13H,6-11H2,1-5H3,(H,16,19)/t13-,23?/m0/s1. The van der Waals surface area contributed by atoms with E-state index in [1.807, 2.05) is 6.92 Å². The lowest BCUT2D eigenvalue weighted by molar-refractivity contribution is -0.146. The average Bonchev–Trinajstić information content (AvgIpc) is 2.43. The summed E-state index contributed by atoms with van der Waals surface area (Å²) in [4.78, 5) is 23.6. The predicted octanol–water partition coefficient (Wildman–Crippen LogP) is 2.88. The quantitative estimate of drug-likeness (QED) is 0.427. The van der Waals surface area contributed by atoms with Crippen LogP contribution in [0.4, 0.5) is 0 Å². The molecule has 0 aliphatic carbocycles. The first kappa shape index (κ1) is 22.1. The van der Waals surface area contributed by atoms with Crippen LogP contribution in [0.1, 0.15) is 53.9 Å². The van der Waals surface area contributed by atoms with Crippen molar-refractivity contribution in [3.8, 4) is 0 Å². The number of nitrogens with one attached hydrogen (secondary N) is 1. The fraction of sp³-hybridized carbons (Fsp3) is 0.867. The van der Waals surface area contributed by atoms with Crippen molar-refractivity contribution in [3.63, 3.8) is 0 Å². The zero-order valence-corrected chi connectivity index (χ0v) is 15.7. The van der Waals surface area contributed by atoms with Gasteiger partial charge in [0.15, 0.2) is 0 Å². The zero-order chi connectivity index (χ0) is 17.9. The molecular formula is C15H30NO6P. The number of carbonyl (C=O) groups excluding carboxylic acids is 2. The maximum Gasteiger partial charge on any atom is 0.323 e. The summed E-state index contributed by atoms with van der Waals surface area (Å²) in [7, 11) is -3.19. The first-order valence-electron chi connectivity index (χ1n) is 8.15. The molecular weight excluding hydrogens is 321 g/mol. The second kappa shape index (κ2) is 11.6. The monoisotopic (exact) mass is 351 g/mol. The molecule has 0 amide bonds. The van der Waals surface area contributed by atoms with Gasteiger partial charge in [0, 0.05) is 12.6 Å². The van der Waals surface area contributed by atoms with E-state index in [2.05, 4.69) is 5.09 Å². The molecule has 0 rings (SSSR count). The Morgan fingerprint density at radius 2 is 1.70 bits per heavy atom. The van der Waals surface area contributed by atoms with Gasteiger partial charge in [-0.1, -0.05) is 6.92 Å². The van der Waals surface area contributed by atoms with Crippen LogP contribution in [0, 0.1) is 0 Å². The van der Waals surface area contributed by atoms with Gasteiger partial charge in [0.25, 0.3) is 7.52 Å². The van der Waals surface area contributed by atoms with Gasteiger partial charge in [-0.3, -0.25) is 14.2 Å². The summed E-state index contributed by atoms with van der Waals surface area (Å²) in [6.07, 6.45) is 0.892. The Kier molecular flexibility index (Phi) is 11.1. The highest BCUT2D eigenvalue weighted by Crippen LogP contribution is 2.45. The van der Waals surface area contributed by atoms with Gasteiger partial charge in [-0.15, -0.1) is 0 Å². The molecule has 136 valence electrons. The number of rotatable bonds is 12. The number of hydrogen-bond donors (Lipinski definition) is 1. The highest BCUT2D eigenvalue weighted by atomic mass is 31.2. The maximum absolute atomic E-state index is 12.9. The molecule has 0 aromatic carbocycles. The van der Waals surface area contributed by atoms with Gasteiger partial charge in [-0.05, 0) is 40.5 Å². The van der Waals surface area contributed by atoms with Gasteiger partial charge in [0.2, 0.25) is 0 Å². The lowest BCUT2D eigenvalue weighted by Gasteiger charge is -2.26. The highest BCUT2D eigenvalue weighted by Gasteiger charge is 2.32. The molecule has 0 heterocycles. The Hall–Kier alpha value is -0.910. The van der Waals surface area contributed by atoms with Crippen molar-refractivity contribution in [2.75, 3.05) is 19.4 Å². The third-order valence-corrected chi connectivity index (χ3v) is 5.27. The molecule has 7 nitrogen and oxygen atoms in total. The van der Waals surface area contributed by atoms with Crippen LogP contribution in [0.5, 0.6) is 0 Å². The third-order valence-electron chi connectivity index (χ3n) is 2.77. The average molecular weight is 351 g/mol. The fourth-order valence-corrected chi connectivity index (χ4v) is 4.27. The van der Waals surface area contributed by atoms with Crippen molar-refractivity contribution < 1.29 is 28.2 Å². The van der Waals surface area contributed by atoms with E-state index in [1.165, 1.54) is 0 Å². The van der Waals surface area contributed by atoms with Gasteiger partial charge in [-0.2, -0.15) is 0 Å². The van der Waals surface area contributed by atoms with Gasteiger partial charge in [0.1, 0.15) is 6.04 Å². The summed E-state index contributed by atoms with van der Waals surface area (Å²) < 4.78 is 28.2. The van der Waals surface area contributed by atoms with Crippen LogP contribution in [-0.4, -0.2) is 43.5 Å². The minimum Gasteiger partial charge on any atom is -0.466 e. The molecule has 0 aliphatic rings. The summed E-state index contributed by atoms with van der Waals surface area (Å²) in [5, 5.41) is 2.80. The first-order chi connectivity index (χ1) is 10.8. The Labute approximate surface area is 138 Å². The van der Waals surface area contributed by atoms with Crippen LogP contribution in [0.15, 0.2) is 0 Å². The zero-order valence-electron chi connectivity index (χ0n) is 14.8. The van der Waals surface area contributed by atoms with Crippen LogP contribution < -0.4 is 5.09 Å². The topological polar surface area (TPSA) is 90.9 Å². The van der Waals surface area contributed by atoms with Crippen molar-refractivity contribution in [3.05, 3.63) is 0 Å². The van der Waals surface area contributed by atoms with Crippen LogP contribution in [0.2, 0.25) is 0 Å². The van der Waals surface area contributed by atoms with Crippen molar-refractivity contribution in [1.29, 1.82) is 0 Å². The lowest BCUT2D eigenvalue weighted by Crippen LogP contribution is -2.38. The molecule has 0 bridgehead atoms. The molecule has 8 heteroatoms. The number of esters is 2. The van der Waals surface area contributed by atoms with Crippen LogP contribution >= 0.6 is 7.52 Å². The van der Waals surface area contributed by atoms with Gasteiger partial charge in [0.05, 0.1) is 19.3 Å². The van der Waals surface area contributed by atoms with Crippen LogP contribution in [0.25, 0.3) is 0 Å². The van der Waals surface area contributed by atoms with E-state index in [0.717, 1.165) is 0 Å². The fourth-order valence-electron chi connectivity index (χ4n) is 1.99. The van der Waals surface area contributed by atoms with E-state index in [1.54, 1.807) is 27.7 Å². The Bertz CT molecular complexity index is 413. The third kappa shape index (κ3) is 9.74. The van der Waals surface area contributed by atoms with Crippen molar-refractivity contribution >= 4 is 19.5 Å². The number of hydrogen-bond acceptors (Lipinski definition) is 6. The SMILES string of the molecule is CCCP(=O)(N[C@@H](CCC(=O)OCC)C(=O)OCC)OC(C)C. The van der Waals surface area contributed by atoms with E-state index in [9.17, 15) is 14.2 Å². The number of carbonyl (C=O) groups is 2. The molecule has 2 atom stereocenters. The summed E-state index contributed by atoms with van der Waals surface area (Å²) in [5.74, 6) is -0.945. The Morgan fingerprint density at radius 3 is 2.17 bits per heavy atom. The molecule has 0 spiro atoms. The van der Waals surface area contributed by atoms with Gasteiger partial charge < -0.3 is 14.0 Å². The minimum atomic E-state index is -3.19. The summed E-state index contributed by atoms with van der Waals surface area (Å²) in [6, 6.07) is -0.865. The first-order valence-corrected chi connectivity index (χ1v) is 9.96. The summed E-state index contributed by atoms with van der Waals surface area (Å²) >= 11 is 0. The maximum atomic E-state index is 12.9. The minimum absolute atomic E-state index is 0.0398. The molecule has 1 N–H and O–H groups in total. The van der Waals surface area contributed by atoms with Gasteiger partial charge in [-0.25, -0.2) is 5.09 Å². The van der Waals surface area contributed by atoms with Crippen LogP contribution in [-0.2, 0) is 28.2 Å². The van der Waals surface area contributed by atoms with E-state index < -0.39 is 25.5 Å². The van der Waals surface area contributed by atoms with E-state index >= 15 is 0 Å². The Morgan fingerprint density at radius 1 is 1.09 bits per heavy atom. The Balaban J connectivity index is 4.98. The summed E-state index contributed by atoms with van der Waals surface area (Å²) in [6.45, 7) is 9.34. The van der Waals surface area contributed by atoms with Crippen molar-refractivity contribution in [2.45, 2.75) is 66.0 Å². The summed E-state index contributed by atoms with van der Waals surface area (Å²) in [5.41, 5.74) is 0. The van der Waals surface area contributed by atoms with E-state index in [-0.39, 0.29) is 32.2 Å². The molecule has 23 heavy (non-hydrogen) atoms. The van der Waals surface area contributed by atoms with E-state index in [4.69, 9.17) is 14.0 Å². The predicted molar refractivity (Wildman–Crippen MR) is 88.4 cm³/mol. The normalized spacial score (nSPS) is 15.0. The largest absolute Gasteiger partial charge is 0.466 e. The second-order valence-electron chi connectivity index (χ2n) is 5.33. The van der Waals surface area contributed by atoms with Crippen molar-refractivity contribution in [2.24, 2.45) is 0 Å². The molecule has 0 saturated carbocycles. The number of ether oxygens (including phenoxy) is 2. The molecule has 0 radical (unpaired) electrons. The highest BCUT2D eigenvalue weighted by molar-refractivity contribution is 7.56. The smallest absolute Gasteiger partial charge is 0.323 e. The molecule has 0 fully saturated rings. The molecule has 0 aliphatic heterocycles. The molecule has 0 aromatic heterocycles. The molecule has 0 aromatic rings. The van der Waals surface area contributed by atoms with Crippen LogP contribution in [0.3, 0.4) is 0 Å². The second-order valence-corrected chi connectivity index (χ2v) is 7.59. The van der Waals surface area contributed by atoms with Gasteiger partial charge >= 0.3 is 11.9 Å². The molecule has 1 unspecified atom stereocenters.